The summed E-state index contributed by atoms with van der Waals surface area (Å²) < 4.78 is 14.8. The van der Waals surface area contributed by atoms with Crippen LogP contribution in [-0.4, -0.2) is 0 Å². The summed E-state index contributed by atoms with van der Waals surface area (Å²) in [6, 6.07) is 13.6. The van der Waals surface area contributed by atoms with E-state index in [-0.39, 0.29) is 17.9 Å². The van der Waals surface area contributed by atoms with Gasteiger partial charge in [-0.15, -0.1) is 0 Å². The minimum Gasteiger partial charge on any atom is -0.304 e. The molecule has 2 atom stereocenters. The Hall–Kier alpha value is -1.19. The summed E-state index contributed by atoms with van der Waals surface area (Å²) in [5, 5.41) is 3.44. The molecule has 0 heterocycles. The zero-order valence-corrected chi connectivity index (χ0v) is 13.5. The lowest BCUT2D eigenvalue weighted by molar-refractivity contribution is 0.473. The van der Waals surface area contributed by atoms with Gasteiger partial charge >= 0.3 is 0 Å². The van der Waals surface area contributed by atoms with E-state index in [1.54, 1.807) is 6.07 Å². The standard InChI is InChI=1S/C17H19BrFN/c1-11-4-6-14(7-5-11)12(2)20-13(3)16-10-15(18)8-9-17(16)19/h4-10,12-13,20H,1-3H3/t12-,13?/m1/s1. The summed E-state index contributed by atoms with van der Waals surface area (Å²) in [6.45, 7) is 6.15. The molecule has 0 aliphatic rings. The van der Waals surface area contributed by atoms with Gasteiger partial charge in [0.15, 0.2) is 0 Å². The molecule has 2 rings (SSSR count). The molecular weight excluding hydrogens is 317 g/mol. The molecule has 106 valence electrons. The van der Waals surface area contributed by atoms with Gasteiger partial charge in [0.2, 0.25) is 0 Å². The molecule has 1 N–H and O–H groups in total. The van der Waals surface area contributed by atoms with Crippen molar-refractivity contribution in [1.29, 1.82) is 0 Å². The zero-order valence-electron chi connectivity index (χ0n) is 12.0. The van der Waals surface area contributed by atoms with Crippen LogP contribution in [0.2, 0.25) is 0 Å². The van der Waals surface area contributed by atoms with Gasteiger partial charge in [0.25, 0.3) is 0 Å². The van der Waals surface area contributed by atoms with E-state index >= 15 is 0 Å². The molecule has 0 bridgehead atoms. The molecule has 1 unspecified atom stereocenters. The van der Waals surface area contributed by atoms with E-state index < -0.39 is 0 Å². The molecule has 0 aromatic heterocycles. The summed E-state index contributed by atoms with van der Waals surface area (Å²) >= 11 is 3.39. The molecule has 2 aromatic rings. The number of halogens is 2. The van der Waals surface area contributed by atoms with Crippen LogP contribution < -0.4 is 5.32 Å². The Labute approximate surface area is 128 Å². The van der Waals surface area contributed by atoms with E-state index in [2.05, 4.69) is 59.4 Å². The lowest BCUT2D eigenvalue weighted by Gasteiger charge is -2.21. The smallest absolute Gasteiger partial charge is 0.128 e. The van der Waals surface area contributed by atoms with Crippen molar-refractivity contribution in [3.05, 3.63) is 69.4 Å². The second kappa shape index (κ2) is 6.51. The van der Waals surface area contributed by atoms with Crippen LogP contribution in [0.15, 0.2) is 46.9 Å². The summed E-state index contributed by atoms with van der Waals surface area (Å²) in [6.07, 6.45) is 0. The van der Waals surface area contributed by atoms with Crippen molar-refractivity contribution in [3.8, 4) is 0 Å². The Bertz CT molecular complexity index is 580. The van der Waals surface area contributed by atoms with Gasteiger partial charge in [0, 0.05) is 22.1 Å². The predicted octanol–water partition coefficient (Wildman–Crippen LogP) is 5.31. The van der Waals surface area contributed by atoms with E-state index in [1.807, 2.05) is 13.0 Å². The summed E-state index contributed by atoms with van der Waals surface area (Å²) in [5.41, 5.74) is 3.13. The van der Waals surface area contributed by atoms with Crippen LogP contribution in [-0.2, 0) is 0 Å². The van der Waals surface area contributed by atoms with Crippen molar-refractivity contribution in [2.75, 3.05) is 0 Å². The van der Waals surface area contributed by atoms with Crippen LogP contribution in [0.25, 0.3) is 0 Å². The van der Waals surface area contributed by atoms with Crippen LogP contribution in [0.4, 0.5) is 4.39 Å². The number of rotatable bonds is 4. The van der Waals surface area contributed by atoms with Crippen molar-refractivity contribution in [2.45, 2.75) is 32.9 Å². The molecule has 20 heavy (non-hydrogen) atoms. The van der Waals surface area contributed by atoms with Gasteiger partial charge in [-0.25, -0.2) is 4.39 Å². The lowest BCUT2D eigenvalue weighted by Crippen LogP contribution is -2.23. The van der Waals surface area contributed by atoms with Crippen molar-refractivity contribution < 1.29 is 4.39 Å². The molecule has 0 radical (unpaired) electrons. The Balaban J connectivity index is 2.12. The molecule has 3 heteroatoms. The summed E-state index contributed by atoms with van der Waals surface area (Å²) in [7, 11) is 0. The van der Waals surface area contributed by atoms with E-state index in [0.717, 1.165) is 4.47 Å². The van der Waals surface area contributed by atoms with Gasteiger partial charge < -0.3 is 5.32 Å². The van der Waals surface area contributed by atoms with Crippen LogP contribution >= 0.6 is 15.9 Å². The fraction of sp³-hybridized carbons (Fsp3) is 0.294. The van der Waals surface area contributed by atoms with Crippen molar-refractivity contribution in [2.24, 2.45) is 0 Å². The summed E-state index contributed by atoms with van der Waals surface area (Å²) in [4.78, 5) is 0. The van der Waals surface area contributed by atoms with Crippen LogP contribution in [0, 0.1) is 12.7 Å². The second-order valence-electron chi connectivity index (χ2n) is 5.19. The Morgan fingerprint density at radius 1 is 1.00 bits per heavy atom. The fourth-order valence-electron chi connectivity index (χ4n) is 2.26. The average Bonchev–Trinajstić information content (AvgIpc) is 2.42. The average molecular weight is 336 g/mol. The second-order valence-corrected chi connectivity index (χ2v) is 6.10. The molecule has 1 nitrogen and oxygen atoms in total. The van der Waals surface area contributed by atoms with Gasteiger partial charge in [-0.05, 0) is 44.5 Å². The van der Waals surface area contributed by atoms with E-state index in [4.69, 9.17) is 0 Å². The third kappa shape index (κ3) is 3.68. The highest BCUT2D eigenvalue weighted by molar-refractivity contribution is 9.10. The number of aryl methyl sites for hydroxylation is 1. The molecule has 2 aromatic carbocycles. The molecule has 0 saturated carbocycles. The Kier molecular flexibility index (Phi) is 4.95. The van der Waals surface area contributed by atoms with Gasteiger partial charge in [-0.2, -0.15) is 0 Å². The maximum absolute atomic E-state index is 13.9. The maximum atomic E-state index is 13.9. The van der Waals surface area contributed by atoms with Crippen molar-refractivity contribution >= 4 is 15.9 Å². The number of benzene rings is 2. The third-order valence-electron chi connectivity index (χ3n) is 3.50. The van der Waals surface area contributed by atoms with E-state index in [0.29, 0.717) is 5.56 Å². The first-order valence-corrected chi connectivity index (χ1v) is 7.54. The highest BCUT2D eigenvalue weighted by atomic mass is 79.9. The highest BCUT2D eigenvalue weighted by Gasteiger charge is 2.14. The molecule has 0 fully saturated rings. The molecule has 0 aliphatic heterocycles. The van der Waals surface area contributed by atoms with E-state index in [9.17, 15) is 4.39 Å². The van der Waals surface area contributed by atoms with Gasteiger partial charge in [-0.3, -0.25) is 0 Å². The molecule has 0 aliphatic carbocycles. The minimum absolute atomic E-state index is 0.0520. The fourth-order valence-corrected chi connectivity index (χ4v) is 2.64. The first-order chi connectivity index (χ1) is 9.47. The topological polar surface area (TPSA) is 12.0 Å². The summed E-state index contributed by atoms with van der Waals surface area (Å²) in [5.74, 6) is -0.177. The first kappa shape index (κ1) is 15.2. The van der Waals surface area contributed by atoms with Gasteiger partial charge in [0.1, 0.15) is 5.82 Å². The van der Waals surface area contributed by atoms with Crippen molar-refractivity contribution in [3.63, 3.8) is 0 Å². The Morgan fingerprint density at radius 2 is 1.65 bits per heavy atom. The monoisotopic (exact) mass is 335 g/mol. The first-order valence-electron chi connectivity index (χ1n) is 6.75. The normalized spacial score (nSPS) is 14.1. The van der Waals surface area contributed by atoms with Gasteiger partial charge in [0.05, 0.1) is 0 Å². The molecule has 0 amide bonds. The van der Waals surface area contributed by atoms with E-state index in [1.165, 1.54) is 17.2 Å². The predicted molar refractivity (Wildman–Crippen MR) is 85.2 cm³/mol. The van der Waals surface area contributed by atoms with Crippen LogP contribution in [0.5, 0.6) is 0 Å². The third-order valence-corrected chi connectivity index (χ3v) is 4.00. The quantitative estimate of drug-likeness (QED) is 0.798. The number of hydrogen-bond acceptors (Lipinski definition) is 1. The SMILES string of the molecule is Cc1ccc([C@@H](C)NC(C)c2cc(Br)ccc2F)cc1. The molecule has 0 saturated heterocycles. The molecule has 0 spiro atoms. The highest BCUT2D eigenvalue weighted by Crippen LogP contribution is 2.24. The largest absolute Gasteiger partial charge is 0.304 e. The maximum Gasteiger partial charge on any atom is 0.128 e. The number of nitrogens with one attached hydrogen (secondary N) is 1. The zero-order chi connectivity index (χ0) is 14.7. The molecular formula is C17H19BrFN. The minimum atomic E-state index is -0.177. The van der Waals surface area contributed by atoms with Crippen LogP contribution in [0.1, 0.15) is 42.6 Å². The van der Waals surface area contributed by atoms with Crippen molar-refractivity contribution in [1.82, 2.24) is 5.32 Å². The Morgan fingerprint density at radius 3 is 2.30 bits per heavy atom. The van der Waals surface area contributed by atoms with Crippen LogP contribution in [0.3, 0.4) is 0 Å². The number of hydrogen-bond donors (Lipinski definition) is 1. The lowest BCUT2D eigenvalue weighted by atomic mass is 10.0. The van der Waals surface area contributed by atoms with Gasteiger partial charge in [-0.1, -0.05) is 45.8 Å².